The van der Waals surface area contributed by atoms with Gasteiger partial charge < -0.3 is 29.3 Å². The molecule has 0 saturated carbocycles. The third kappa shape index (κ3) is 5.06. The molecule has 4 rings (SSSR count). The monoisotopic (exact) mass is 523 g/mol. The van der Waals surface area contributed by atoms with Crippen molar-refractivity contribution in [1.82, 2.24) is 4.90 Å². The van der Waals surface area contributed by atoms with Crippen LogP contribution < -0.4 is 14.2 Å². The van der Waals surface area contributed by atoms with Gasteiger partial charge in [-0.15, -0.1) is 0 Å². The van der Waals surface area contributed by atoms with Gasteiger partial charge in [-0.1, -0.05) is 29.8 Å². The zero-order valence-electron chi connectivity index (χ0n) is 20.5. The normalized spacial score (nSPS) is 16.6. The van der Waals surface area contributed by atoms with E-state index in [1.54, 1.807) is 49.4 Å². The Bertz CT molecular complexity index is 1380. The molecule has 1 heterocycles. The highest BCUT2D eigenvalue weighted by Crippen LogP contribution is 2.43. The number of carbonyl (C=O) groups is 2. The second kappa shape index (κ2) is 10.8. The molecule has 9 heteroatoms. The maximum atomic E-state index is 13.3. The van der Waals surface area contributed by atoms with Crippen LogP contribution in [0.15, 0.2) is 66.2 Å². The van der Waals surface area contributed by atoms with Gasteiger partial charge in [-0.05, 0) is 60.5 Å². The third-order valence-corrected chi connectivity index (χ3v) is 6.35. The molecule has 0 aromatic heterocycles. The molecule has 37 heavy (non-hydrogen) atoms. The van der Waals surface area contributed by atoms with E-state index in [9.17, 15) is 19.8 Å². The Morgan fingerprint density at radius 1 is 1.00 bits per heavy atom. The number of aliphatic hydroxyl groups is 1. The van der Waals surface area contributed by atoms with Crippen molar-refractivity contribution in [2.75, 3.05) is 20.8 Å². The zero-order valence-corrected chi connectivity index (χ0v) is 21.3. The summed E-state index contributed by atoms with van der Waals surface area (Å²) in [6, 6.07) is 15.3. The van der Waals surface area contributed by atoms with E-state index in [0.29, 0.717) is 23.7 Å². The number of aliphatic hydroxyl groups excluding tert-OH is 1. The topological polar surface area (TPSA) is 106 Å². The van der Waals surface area contributed by atoms with Crippen LogP contribution in [-0.4, -0.2) is 47.6 Å². The minimum Gasteiger partial charge on any atom is -0.507 e. The van der Waals surface area contributed by atoms with Crippen LogP contribution in [-0.2, 0) is 16.1 Å². The van der Waals surface area contributed by atoms with E-state index in [4.69, 9.17) is 25.8 Å². The lowest BCUT2D eigenvalue weighted by Crippen LogP contribution is -2.29. The van der Waals surface area contributed by atoms with Crippen LogP contribution >= 0.6 is 11.6 Å². The zero-order chi connectivity index (χ0) is 26.7. The average Bonchev–Trinajstić information content (AvgIpc) is 3.14. The number of carbonyl (C=O) groups excluding carboxylic acids is 2. The molecule has 1 amide bonds. The lowest BCUT2D eigenvalue weighted by Gasteiger charge is -2.26. The third-order valence-electron chi connectivity index (χ3n) is 6.05. The van der Waals surface area contributed by atoms with Crippen LogP contribution in [0.1, 0.15) is 29.7 Å². The van der Waals surface area contributed by atoms with Gasteiger partial charge in [0.1, 0.15) is 17.3 Å². The van der Waals surface area contributed by atoms with Crippen molar-refractivity contribution in [3.05, 3.63) is 87.9 Å². The number of ether oxygens (including phenoxy) is 3. The summed E-state index contributed by atoms with van der Waals surface area (Å²) in [7, 11) is 3.00. The summed E-state index contributed by atoms with van der Waals surface area (Å²) in [5, 5.41) is 21.8. The van der Waals surface area contributed by atoms with E-state index < -0.39 is 17.7 Å². The van der Waals surface area contributed by atoms with Crippen LogP contribution in [0.4, 0.5) is 0 Å². The number of likely N-dealkylation sites (tertiary alicyclic amines) is 1. The van der Waals surface area contributed by atoms with Gasteiger partial charge in [0, 0.05) is 12.1 Å². The number of amides is 1. The van der Waals surface area contributed by atoms with Gasteiger partial charge in [0.05, 0.1) is 37.5 Å². The van der Waals surface area contributed by atoms with Crippen LogP contribution in [0, 0.1) is 0 Å². The van der Waals surface area contributed by atoms with Crippen LogP contribution in [0.2, 0.25) is 5.02 Å². The fraction of sp³-hybridized carbons (Fsp3) is 0.214. The van der Waals surface area contributed by atoms with Crippen molar-refractivity contribution in [1.29, 1.82) is 0 Å². The lowest BCUT2D eigenvalue weighted by atomic mass is 9.94. The van der Waals surface area contributed by atoms with Crippen LogP contribution in [0.25, 0.3) is 5.76 Å². The quantitative estimate of drug-likeness (QED) is 0.241. The Labute approximate surface area is 219 Å². The van der Waals surface area contributed by atoms with Crippen LogP contribution in [0.3, 0.4) is 0 Å². The number of hydrogen-bond acceptors (Lipinski definition) is 7. The van der Waals surface area contributed by atoms with E-state index in [1.165, 1.54) is 31.3 Å². The lowest BCUT2D eigenvalue weighted by molar-refractivity contribution is -0.140. The maximum absolute atomic E-state index is 13.3. The molecule has 1 aliphatic heterocycles. The average molecular weight is 524 g/mol. The first-order valence-corrected chi connectivity index (χ1v) is 11.9. The van der Waals surface area contributed by atoms with Crippen molar-refractivity contribution in [3.63, 3.8) is 0 Å². The van der Waals surface area contributed by atoms with E-state index >= 15 is 0 Å². The Kier molecular flexibility index (Phi) is 7.59. The van der Waals surface area contributed by atoms with Crippen molar-refractivity contribution in [2.45, 2.75) is 19.5 Å². The highest BCUT2D eigenvalue weighted by atomic mass is 35.5. The molecular weight excluding hydrogens is 498 g/mol. The summed E-state index contributed by atoms with van der Waals surface area (Å²) < 4.78 is 16.0. The van der Waals surface area contributed by atoms with Gasteiger partial charge in [0.2, 0.25) is 0 Å². The van der Waals surface area contributed by atoms with E-state index in [2.05, 4.69) is 0 Å². The molecule has 0 bridgehead atoms. The standard InChI is InChI=1S/C28H26ClNO7/c1-4-37-23-14-17(8-10-21(23)31)25-24(26(32)18-9-11-22(36-3)20(29)13-18)27(33)28(34)30(25)15-16-6-5-7-19(12-16)35-2/h5-14,25,31-32H,4,15H2,1-3H3/b26-24-. The predicted octanol–water partition coefficient (Wildman–Crippen LogP) is 5.08. The van der Waals surface area contributed by atoms with Crippen molar-refractivity contribution in [3.8, 4) is 23.0 Å². The van der Waals surface area contributed by atoms with Crippen molar-refractivity contribution in [2.24, 2.45) is 0 Å². The van der Waals surface area contributed by atoms with Crippen molar-refractivity contribution >= 4 is 29.1 Å². The molecule has 0 radical (unpaired) electrons. The van der Waals surface area contributed by atoms with Gasteiger partial charge in [-0.2, -0.15) is 0 Å². The first-order chi connectivity index (χ1) is 17.8. The molecule has 1 saturated heterocycles. The van der Waals surface area contributed by atoms with Crippen LogP contribution in [0.5, 0.6) is 23.0 Å². The molecule has 1 aliphatic rings. The number of phenols is 1. The van der Waals surface area contributed by atoms with Gasteiger partial charge in [-0.3, -0.25) is 9.59 Å². The number of halogens is 1. The Morgan fingerprint density at radius 3 is 2.46 bits per heavy atom. The Balaban J connectivity index is 1.88. The highest BCUT2D eigenvalue weighted by molar-refractivity contribution is 6.46. The number of hydrogen-bond donors (Lipinski definition) is 2. The first kappa shape index (κ1) is 25.9. The Morgan fingerprint density at radius 2 is 1.78 bits per heavy atom. The van der Waals surface area contributed by atoms with Gasteiger partial charge in [0.15, 0.2) is 11.5 Å². The largest absolute Gasteiger partial charge is 0.507 e. The highest BCUT2D eigenvalue weighted by Gasteiger charge is 2.46. The van der Waals surface area contributed by atoms with E-state index in [1.807, 2.05) is 6.07 Å². The van der Waals surface area contributed by atoms with Gasteiger partial charge in [0.25, 0.3) is 11.7 Å². The Hall–Kier alpha value is -4.17. The maximum Gasteiger partial charge on any atom is 0.295 e. The summed E-state index contributed by atoms with van der Waals surface area (Å²) in [6.07, 6.45) is 0. The minimum atomic E-state index is -0.966. The molecule has 0 spiro atoms. The minimum absolute atomic E-state index is 0.0669. The summed E-state index contributed by atoms with van der Waals surface area (Å²) >= 11 is 6.26. The molecule has 1 fully saturated rings. The number of ketones is 1. The second-order valence-corrected chi connectivity index (χ2v) is 8.70. The molecule has 0 aliphatic carbocycles. The summed E-state index contributed by atoms with van der Waals surface area (Å²) in [5.41, 5.74) is 1.34. The fourth-order valence-electron chi connectivity index (χ4n) is 4.30. The molecule has 2 N–H and O–H groups in total. The van der Waals surface area contributed by atoms with Crippen molar-refractivity contribution < 1.29 is 34.0 Å². The molecule has 3 aromatic carbocycles. The molecule has 8 nitrogen and oxygen atoms in total. The fourth-order valence-corrected chi connectivity index (χ4v) is 4.56. The second-order valence-electron chi connectivity index (χ2n) is 8.29. The first-order valence-electron chi connectivity index (χ1n) is 11.5. The number of benzene rings is 3. The summed E-state index contributed by atoms with van der Waals surface area (Å²) in [6.45, 7) is 2.14. The summed E-state index contributed by atoms with van der Waals surface area (Å²) in [5.74, 6) is -0.901. The number of aromatic hydroxyl groups is 1. The SMILES string of the molecule is CCOc1cc(C2/C(=C(/O)c3ccc(OC)c(Cl)c3)C(=O)C(=O)N2Cc2cccc(OC)c2)ccc1O. The number of rotatable bonds is 8. The summed E-state index contributed by atoms with van der Waals surface area (Å²) in [4.78, 5) is 28.0. The van der Waals surface area contributed by atoms with E-state index in [-0.39, 0.29) is 40.0 Å². The molecule has 192 valence electrons. The number of nitrogens with zero attached hydrogens (tertiary/aromatic N) is 1. The molecule has 3 aromatic rings. The number of methoxy groups -OCH3 is 2. The smallest absolute Gasteiger partial charge is 0.295 e. The molecule has 1 unspecified atom stereocenters. The molecular formula is C28H26ClNO7. The number of phenolic OH excluding ortho intramolecular Hbond substituents is 1. The van der Waals surface area contributed by atoms with Gasteiger partial charge >= 0.3 is 0 Å². The molecule has 1 atom stereocenters. The van der Waals surface area contributed by atoms with Gasteiger partial charge in [-0.25, -0.2) is 0 Å². The number of Topliss-reactive ketones (excluding diaryl/α,β-unsaturated/α-hetero) is 1. The predicted molar refractivity (Wildman–Crippen MR) is 138 cm³/mol. The van der Waals surface area contributed by atoms with E-state index in [0.717, 1.165) is 5.56 Å².